The van der Waals surface area contributed by atoms with E-state index >= 15 is 0 Å². The van der Waals surface area contributed by atoms with Crippen molar-refractivity contribution in [1.29, 1.82) is 0 Å². The highest BCUT2D eigenvalue weighted by molar-refractivity contribution is 7.13. The van der Waals surface area contributed by atoms with E-state index in [4.69, 9.17) is 0 Å². The van der Waals surface area contributed by atoms with Gasteiger partial charge in [-0.3, -0.25) is 14.6 Å². The topological polar surface area (TPSA) is 53.5 Å². The number of hydrogen-bond acceptors (Lipinski definition) is 4. The lowest BCUT2D eigenvalue weighted by Gasteiger charge is -2.24. The van der Waals surface area contributed by atoms with Crippen LogP contribution < -0.4 is 0 Å². The zero-order valence-corrected chi connectivity index (χ0v) is 18.6. The van der Waals surface area contributed by atoms with Crippen LogP contribution in [-0.4, -0.2) is 52.8 Å². The summed E-state index contributed by atoms with van der Waals surface area (Å²) in [7, 11) is 0. The molecule has 3 heterocycles. The van der Waals surface area contributed by atoms with E-state index in [1.165, 1.54) is 10.4 Å². The molecule has 0 saturated carbocycles. The highest BCUT2D eigenvalue weighted by atomic mass is 32.1. The highest BCUT2D eigenvalue weighted by Gasteiger charge is 2.32. The van der Waals surface area contributed by atoms with E-state index < -0.39 is 0 Å². The molecule has 0 bridgehead atoms. The zero-order valence-electron chi connectivity index (χ0n) is 17.7. The van der Waals surface area contributed by atoms with E-state index in [2.05, 4.69) is 47.6 Å². The van der Waals surface area contributed by atoms with E-state index in [0.29, 0.717) is 31.7 Å². The lowest BCUT2D eigenvalue weighted by Crippen LogP contribution is -2.38. The van der Waals surface area contributed by atoms with Crippen LogP contribution in [0.1, 0.15) is 29.4 Å². The highest BCUT2D eigenvalue weighted by Crippen LogP contribution is 2.26. The standard InChI is InChI=1S/C25H27N3O2S/c1-2-13-27-14-15-28(25(30)22-6-3-4-12-26-22)18-21(24(27)29)17-19-8-10-20(11-9-19)23-7-5-16-31-23/h3-12,16,21H,2,13-15,17-18H2,1H3. The first-order valence-electron chi connectivity index (χ1n) is 10.8. The molecule has 0 aliphatic carbocycles. The molecule has 5 nitrogen and oxygen atoms in total. The fraction of sp³-hybridized carbons (Fsp3) is 0.320. The van der Waals surface area contributed by atoms with E-state index in [-0.39, 0.29) is 17.7 Å². The molecule has 2 aromatic heterocycles. The second-order valence-electron chi connectivity index (χ2n) is 7.87. The number of nitrogens with zero attached hydrogens (tertiary/aromatic N) is 3. The molecule has 0 N–H and O–H groups in total. The predicted octanol–water partition coefficient (Wildman–Crippen LogP) is 4.36. The molecule has 0 spiro atoms. The Hall–Kier alpha value is -2.99. The molecule has 1 saturated heterocycles. The number of carbonyl (C=O) groups is 2. The number of thiophene rings is 1. The molecule has 0 radical (unpaired) electrons. The first-order chi connectivity index (χ1) is 15.2. The van der Waals surface area contributed by atoms with E-state index in [0.717, 1.165) is 18.5 Å². The largest absolute Gasteiger partial charge is 0.341 e. The van der Waals surface area contributed by atoms with Crippen LogP contribution in [0.4, 0.5) is 0 Å². The maximum absolute atomic E-state index is 13.3. The van der Waals surface area contributed by atoms with Gasteiger partial charge in [0.15, 0.2) is 0 Å². The van der Waals surface area contributed by atoms with Crippen LogP contribution in [0.25, 0.3) is 10.4 Å². The van der Waals surface area contributed by atoms with Crippen LogP contribution in [0.3, 0.4) is 0 Å². The number of benzene rings is 1. The molecule has 1 aliphatic rings. The van der Waals surface area contributed by atoms with Crippen molar-refractivity contribution < 1.29 is 9.59 Å². The van der Waals surface area contributed by atoms with Crippen LogP contribution in [0.2, 0.25) is 0 Å². The second-order valence-corrected chi connectivity index (χ2v) is 8.81. The molecule has 6 heteroatoms. The first kappa shape index (κ1) is 21.2. The summed E-state index contributed by atoms with van der Waals surface area (Å²) in [5.41, 5.74) is 2.73. The summed E-state index contributed by atoms with van der Waals surface area (Å²) in [4.78, 5) is 35.5. The minimum absolute atomic E-state index is 0.107. The Kier molecular flexibility index (Phi) is 6.77. The van der Waals surface area contributed by atoms with Crippen LogP contribution >= 0.6 is 11.3 Å². The van der Waals surface area contributed by atoms with Gasteiger partial charge in [-0.2, -0.15) is 0 Å². The van der Waals surface area contributed by atoms with Crippen molar-refractivity contribution in [1.82, 2.24) is 14.8 Å². The van der Waals surface area contributed by atoms with Gasteiger partial charge in [-0.25, -0.2) is 0 Å². The van der Waals surface area contributed by atoms with E-state index in [1.807, 2.05) is 17.0 Å². The monoisotopic (exact) mass is 433 g/mol. The van der Waals surface area contributed by atoms with Gasteiger partial charge in [0.1, 0.15) is 5.69 Å². The van der Waals surface area contributed by atoms with Crippen molar-refractivity contribution in [3.05, 3.63) is 77.4 Å². The van der Waals surface area contributed by atoms with Crippen molar-refractivity contribution in [3.63, 3.8) is 0 Å². The predicted molar refractivity (Wildman–Crippen MR) is 124 cm³/mol. The molecule has 1 aromatic carbocycles. The minimum atomic E-state index is -0.255. The van der Waals surface area contributed by atoms with Gasteiger partial charge in [-0.15, -0.1) is 11.3 Å². The SMILES string of the molecule is CCCN1CCN(C(=O)c2ccccn2)CC(Cc2ccc(-c3cccs3)cc2)C1=O. The average Bonchev–Trinajstić information content (AvgIpc) is 3.30. The number of hydrogen-bond donors (Lipinski definition) is 0. The summed E-state index contributed by atoms with van der Waals surface area (Å²) in [6.45, 7) is 4.32. The number of rotatable bonds is 6. The molecular formula is C25H27N3O2S. The first-order valence-corrected chi connectivity index (χ1v) is 11.7. The fourth-order valence-corrected chi connectivity index (χ4v) is 4.79. The smallest absolute Gasteiger partial charge is 0.272 e. The van der Waals surface area contributed by atoms with Crippen molar-refractivity contribution in [2.24, 2.45) is 5.92 Å². The molecule has 2 amide bonds. The quantitative estimate of drug-likeness (QED) is 0.580. The molecule has 31 heavy (non-hydrogen) atoms. The Morgan fingerprint density at radius 2 is 1.94 bits per heavy atom. The maximum Gasteiger partial charge on any atom is 0.272 e. The maximum atomic E-state index is 13.3. The number of carbonyl (C=O) groups excluding carboxylic acids is 2. The molecule has 4 rings (SSSR count). The molecular weight excluding hydrogens is 406 g/mol. The van der Waals surface area contributed by atoms with Crippen LogP contribution in [0, 0.1) is 5.92 Å². The van der Waals surface area contributed by atoms with Gasteiger partial charge in [-0.1, -0.05) is 43.3 Å². The molecule has 160 valence electrons. The summed E-state index contributed by atoms with van der Waals surface area (Å²) in [6, 6.07) is 17.9. The normalized spacial score (nSPS) is 16.9. The van der Waals surface area contributed by atoms with Gasteiger partial charge in [0.25, 0.3) is 5.91 Å². The van der Waals surface area contributed by atoms with Gasteiger partial charge in [-0.05, 0) is 47.5 Å². The Morgan fingerprint density at radius 3 is 2.61 bits per heavy atom. The number of aromatic nitrogens is 1. The molecule has 1 aliphatic heterocycles. The molecule has 1 fully saturated rings. The van der Waals surface area contributed by atoms with Crippen LogP contribution in [-0.2, 0) is 11.2 Å². The van der Waals surface area contributed by atoms with Crippen molar-refractivity contribution in [3.8, 4) is 10.4 Å². The summed E-state index contributed by atoms with van der Waals surface area (Å²) in [6.07, 6.45) is 3.16. The number of amides is 2. The molecule has 1 unspecified atom stereocenters. The van der Waals surface area contributed by atoms with Crippen molar-refractivity contribution >= 4 is 23.2 Å². The lowest BCUT2D eigenvalue weighted by molar-refractivity contribution is -0.134. The fourth-order valence-electron chi connectivity index (χ4n) is 4.06. The summed E-state index contributed by atoms with van der Waals surface area (Å²) in [5.74, 6) is -0.223. The third-order valence-electron chi connectivity index (χ3n) is 5.65. The average molecular weight is 434 g/mol. The van der Waals surface area contributed by atoms with Gasteiger partial charge in [0.2, 0.25) is 5.91 Å². The molecule has 1 atom stereocenters. The Labute approximate surface area is 187 Å². The molecule has 3 aromatic rings. The van der Waals surface area contributed by atoms with Crippen molar-refractivity contribution in [2.45, 2.75) is 19.8 Å². The number of pyridine rings is 1. The Balaban J connectivity index is 1.53. The summed E-state index contributed by atoms with van der Waals surface area (Å²) >= 11 is 1.72. The lowest BCUT2D eigenvalue weighted by atomic mass is 9.96. The minimum Gasteiger partial charge on any atom is -0.341 e. The van der Waals surface area contributed by atoms with Gasteiger partial charge >= 0.3 is 0 Å². The summed E-state index contributed by atoms with van der Waals surface area (Å²) < 4.78 is 0. The Morgan fingerprint density at radius 1 is 1.10 bits per heavy atom. The third-order valence-corrected chi connectivity index (χ3v) is 6.57. The Bertz CT molecular complexity index is 1000. The summed E-state index contributed by atoms with van der Waals surface area (Å²) in [5, 5.41) is 2.07. The van der Waals surface area contributed by atoms with Gasteiger partial charge < -0.3 is 9.80 Å². The second kappa shape index (κ2) is 9.88. The third kappa shape index (κ3) is 5.02. The zero-order chi connectivity index (χ0) is 21.6. The van der Waals surface area contributed by atoms with Crippen molar-refractivity contribution in [2.75, 3.05) is 26.2 Å². The van der Waals surface area contributed by atoms with Gasteiger partial charge in [0.05, 0.1) is 5.92 Å². The van der Waals surface area contributed by atoms with E-state index in [9.17, 15) is 9.59 Å². The van der Waals surface area contributed by atoms with E-state index in [1.54, 1.807) is 34.6 Å². The van der Waals surface area contributed by atoms with Gasteiger partial charge in [0, 0.05) is 37.3 Å². The van der Waals surface area contributed by atoms with Crippen LogP contribution in [0.5, 0.6) is 0 Å². The van der Waals surface area contributed by atoms with Crippen LogP contribution in [0.15, 0.2) is 66.2 Å².